The number of ether oxygens (including phenoxy) is 2. The van der Waals surface area contributed by atoms with Crippen LogP contribution in [0.1, 0.15) is 49.9 Å². The van der Waals surface area contributed by atoms with Gasteiger partial charge in [-0.3, -0.25) is 0 Å². The lowest BCUT2D eigenvalue weighted by molar-refractivity contribution is 0.184. The van der Waals surface area contributed by atoms with E-state index in [4.69, 9.17) is 15.2 Å². The predicted octanol–water partition coefficient (Wildman–Crippen LogP) is 4.43. The highest BCUT2D eigenvalue weighted by atomic mass is 16.5. The molecule has 0 bridgehead atoms. The average molecular weight is 322 g/mol. The van der Waals surface area contributed by atoms with E-state index < -0.39 is 0 Å². The van der Waals surface area contributed by atoms with Crippen molar-refractivity contribution in [1.82, 2.24) is 0 Å². The molecule has 0 aliphatic heterocycles. The van der Waals surface area contributed by atoms with Crippen molar-refractivity contribution in [2.45, 2.75) is 54.1 Å². The third-order valence-corrected chi connectivity index (χ3v) is 3.44. The van der Waals surface area contributed by atoms with Crippen molar-refractivity contribution >= 4 is 0 Å². The molecule has 0 spiro atoms. The van der Waals surface area contributed by atoms with Gasteiger partial charge in [-0.2, -0.15) is 0 Å². The van der Waals surface area contributed by atoms with Crippen molar-refractivity contribution in [2.24, 2.45) is 11.7 Å². The Morgan fingerprint density at radius 1 is 1.26 bits per heavy atom. The summed E-state index contributed by atoms with van der Waals surface area (Å²) < 4.78 is 11.4. The fraction of sp³-hybridized carbons (Fsp3) is 0.600. The van der Waals surface area contributed by atoms with Crippen LogP contribution in [0, 0.1) is 12.8 Å². The van der Waals surface area contributed by atoms with Crippen LogP contribution in [0.25, 0.3) is 0 Å². The number of benzene rings is 1. The first-order valence-electron chi connectivity index (χ1n) is 8.62. The summed E-state index contributed by atoms with van der Waals surface area (Å²) in [5.41, 5.74) is 10.6. The van der Waals surface area contributed by atoms with Crippen LogP contribution in [0.2, 0.25) is 0 Å². The first-order chi connectivity index (χ1) is 11.0. The van der Waals surface area contributed by atoms with Crippen molar-refractivity contribution in [2.75, 3.05) is 20.3 Å². The second kappa shape index (κ2) is 12.1. The molecule has 0 aliphatic rings. The molecule has 0 aliphatic carbocycles. The van der Waals surface area contributed by atoms with Gasteiger partial charge in [-0.1, -0.05) is 33.8 Å². The van der Waals surface area contributed by atoms with E-state index in [1.54, 1.807) is 7.11 Å². The average Bonchev–Trinajstić information content (AvgIpc) is 2.53. The third kappa shape index (κ3) is 6.76. The van der Waals surface area contributed by atoms with Gasteiger partial charge in [0.2, 0.25) is 0 Å². The van der Waals surface area contributed by atoms with Gasteiger partial charge in [0.15, 0.2) is 0 Å². The van der Waals surface area contributed by atoms with Crippen LogP contribution < -0.4 is 10.5 Å². The van der Waals surface area contributed by atoms with Crippen molar-refractivity contribution < 1.29 is 9.47 Å². The van der Waals surface area contributed by atoms with E-state index in [9.17, 15) is 0 Å². The van der Waals surface area contributed by atoms with Crippen molar-refractivity contribution in [3.05, 3.63) is 41.0 Å². The summed E-state index contributed by atoms with van der Waals surface area (Å²) in [6.45, 7) is 16.2. The van der Waals surface area contributed by atoms with Gasteiger partial charge >= 0.3 is 0 Å². The van der Waals surface area contributed by atoms with E-state index in [0.717, 1.165) is 25.2 Å². The molecule has 0 atom stereocenters. The highest BCUT2D eigenvalue weighted by Gasteiger charge is 2.16. The number of allylic oxidation sites excluding steroid dienone is 1. The van der Waals surface area contributed by atoms with Gasteiger partial charge < -0.3 is 15.2 Å². The van der Waals surface area contributed by atoms with Gasteiger partial charge in [0, 0.05) is 7.11 Å². The van der Waals surface area contributed by atoms with Gasteiger partial charge in [0.25, 0.3) is 0 Å². The standard InChI is InChI=1S/C18H29NO2.C2H6/c1-6-7-17-14(4)18(21-11-13(2)3)15(8-9-19)10-16(17)12-20-5;1-2/h6,10,13H,1,7-9,11-12,19H2,2-5H3;1-2H3. The molecule has 0 amide bonds. The summed E-state index contributed by atoms with van der Waals surface area (Å²) in [5.74, 6) is 1.49. The molecule has 2 N–H and O–H groups in total. The molecular formula is C20H35NO2. The van der Waals surface area contributed by atoms with Crippen molar-refractivity contribution in [3.8, 4) is 5.75 Å². The lowest BCUT2D eigenvalue weighted by Gasteiger charge is -2.21. The van der Waals surface area contributed by atoms with E-state index >= 15 is 0 Å². The molecule has 3 nitrogen and oxygen atoms in total. The number of methoxy groups -OCH3 is 1. The zero-order valence-electron chi connectivity index (χ0n) is 15.9. The normalized spacial score (nSPS) is 10.3. The molecule has 1 aromatic rings. The molecule has 23 heavy (non-hydrogen) atoms. The quantitative estimate of drug-likeness (QED) is 0.684. The minimum atomic E-state index is 0.497. The number of hydrogen-bond donors (Lipinski definition) is 1. The van der Waals surface area contributed by atoms with Crippen molar-refractivity contribution in [1.29, 1.82) is 0 Å². The van der Waals surface area contributed by atoms with Gasteiger partial charge in [-0.25, -0.2) is 0 Å². The second-order valence-corrected chi connectivity index (χ2v) is 5.80. The highest BCUT2D eigenvalue weighted by Crippen LogP contribution is 2.31. The fourth-order valence-electron chi connectivity index (χ4n) is 2.49. The maximum Gasteiger partial charge on any atom is 0.125 e. The Balaban J connectivity index is 0.00000232. The molecule has 0 unspecified atom stereocenters. The smallest absolute Gasteiger partial charge is 0.125 e. The van der Waals surface area contributed by atoms with E-state index in [1.807, 2.05) is 19.9 Å². The zero-order valence-corrected chi connectivity index (χ0v) is 15.9. The van der Waals surface area contributed by atoms with E-state index in [-0.39, 0.29) is 0 Å². The minimum absolute atomic E-state index is 0.497. The van der Waals surface area contributed by atoms with Crippen molar-refractivity contribution in [3.63, 3.8) is 0 Å². The van der Waals surface area contributed by atoms with Crippen LogP contribution in [-0.4, -0.2) is 20.3 Å². The zero-order chi connectivity index (χ0) is 17.8. The van der Waals surface area contributed by atoms with Gasteiger partial charge in [0.05, 0.1) is 13.2 Å². The lowest BCUT2D eigenvalue weighted by atomic mass is 9.93. The highest BCUT2D eigenvalue weighted by molar-refractivity contribution is 5.51. The van der Waals surface area contributed by atoms with Gasteiger partial charge in [0.1, 0.15) is 5.75 Å². The van der Waals surface area contributed by atoms with Crippen LogP contribution in [-0.2, 0) is 24.2 Å². The van der Waals surface area contributed by atoms with E-state index in [0.29, 0.717) is 19.1 Å². The Morgan fingerprint density at radius 3 is 2.39 bits per heavy atom. The Kier molecular flexibility index (Phi) is 11.4. The molecule has 0 saturated carbocycles. The van der Waals surface area contributed by atoms with Crippen LogP contribution in [0.15, 0.2) is 18.7 Å². The summed E-state index contributed by atoms with van der Waals surface area (Å²) >= 11 is 0. The Bertz CT molecular complexity index is 467. The van der Waals surface area contributed by atoms with Gasteiger partial charge in [-0.05, 0) is 60.5 Å². The lowest BCUT2D eigenvalue weighted by Crippen LogP contribution is -2.12. The minimum Gasteiger partial charge on any atom is -0.493 e. The van der Waals surface area contributed by atoms with Crippen LogP contribution >= 0.6 is 0 Å². The summed E-state index contributed by atoms with van der Waals surface area (Å²) in [4.78, 5) is 0. The summed E-state index contributed by atoms with van der Waals surface area (Å²) in [7, 11) is 1.72. The third-order valence-electron chi connectivity index (χ3n) is 3.44. The molecule has 3 heteroatoms. The Hall–Kier alpha value is -1.32. The molecule has 0 aromatic heterocycles. The van der Waals surface area contributed by atoms with E-state index in [1.165, 1.54) is 22.3 Å². The number of hydrogen-bond acceptors (Lipinski definition) is 3. The van der Waals surface area contributed by atoms with Crippen LogP contribution in [0.4, 0.5) is 0 Å². The van der Waals surface area contributed by atoms with Crippen LogP contribution in [0.5, 0.6) is 5.75 Å². The SMILES string of the molecule is C=CCc1c(COC)cc(CCN)c(OCC(C)C)c1C.CC. The molecule has 0 fully saturated rings. The van der Waals surface area contributed by atoms with Crippen LogP contribution in [0.3, 0.4) is 0 Å². The molecular weight excluding hydrogens is 286 g/mol. The first kappa shape index (κ1) is 21.7. The summed E-state index contributed by atoms with van der Waals surface area (Å²) in [5, 5.41) is 0. The summed E-state index contributed by atoms with van der Waals surface area (Å²) in [6.07, 6.45) is 3.57. The Morgan fingerprint density at radius 2 is 1.91 bits per heavy atom. The summed E-state index contributed by atoms with van der Waals surface area (Å²) in [6, 6.07) is 2.18. The van der Waals surface area contributed by atoms with Gasteiger partial charge in [-0.15, -0.1) is 6.58 Å². The molecule has 0 saturated heterocycles. The Labute approximate surface area is 142 Å². The molecule has 1 rings (SSSR count). The first-order valence-corrected chi connectivity index (χ1v) is 8.62. The molecule has 132 valence electrons. The molecule has 0 radical (unpaired) electrons. The predicted molar refractivity (Wildman–Crippen MR) is 100 cm³/mol. The fourth-order valence-corrected chi connectivity index (χ4v) is 2.49. The maximum absolute atomic E-state index is 6.07. The number of rotatable bonds is 9. The largest absolute Gasteiger partial charge is 0.493 e. The molecule has 0 heterocycles. The monoisotopic (exact) mass is 321 g/mol. The molecule has 1 aromatic carbocycles. The van der Waals surface area contributed by atoms with E-state index in [2.05, 4.69) is 33.4 Å². The topological polar surface area (TPSA) is 44.5 Å². The second-order valence-electron chi connectivity index (χ2n) is 5.80. The number of nitrogens with two attached hydrogens (primary N) is 1. The maximum atomic E-state index is 6.07.